The SMILES string of the molecule is COc1ccc([C@H]2NC(=O)c3n[nH]c(-c4cccs4)c32)cc1. The Hall–Kier alpha value is -2.60. The van der Waals surface area contributed by atoms with Crippen LogP contribution in [0.2, 0.25) is 0 Å². The highest BCUT2D eigenvalue weighted by atomic mass is 32.1. The molecule has 1 atom stereocenters. The predicted molar refractivity (Wildman–Crippen MR) is 84.2 cm³/mol. The summed E-state index contributed by atoms with van der Waals surface area (Å²) < 4.78 is 5.19. The number of rotatable bonds is 3. The Morgan fingerprint density at radius 2 is 2.05 bits per heavy atom. The molecule has 6 heteroatoms. The van der Waals surface area contributed by atoms with Crippen LogP contribution in [0.4, 0.5) is 0 Å². The van der Waals surface area contributed by atoms with Gasteiger partial charge in [0, 0.05) is 5.56 Å². The molecule has 2 aromatic heterocycles. The van der Waals surface area contributed by atoms with Gasteiger partial charge in [-0.15, -0.1) is 11.3 Å². The van der Waals surface area contributed by atoms with Crippen molar-refractivity contribution in [3.05, 3.63) is 58.6 Å². The fourth-order valence-electron chi connectivity index (χ4n) is 2.73. The molecular weight excluding hydrogens is 298 g/mol. The number of methoxy groups -OCH3 is 1. The Bertz CT molecular complexity index is 822. The van der Waals surface area contributed by atoms with Crippen molar-refractivity contribution in [1.29, 1.82) is 0 Å². The van der Waals surface area contributed by atoms with Gasteiger partial charge in [0.15, 0.2) is 5.69 Å². The number of amides is 1. The highest BCUT2D eigenvalue weighted by Gasteiger charge is 2.35. The van der Waals surface area contributed by atoms with Gasteiger partial charge < -0.3 is 10.1 Å². The number of fused-ring (bicyclic) bond motifs is 1. The summed E-state index contributed by atoms with van der Waals surface area (Å²) in [6, 6.07) is 11.5. The van der Waals surface area contributed by atoms with Crippen molar-refractivity contribution in [2.75, 3.05) is 7.11 Å². The van der Waals surface area contributed by atoms with Gasteiger partial charge in [0.2, 0.25) is 0 Å². The average molecular weight is 311 g/mol. The van der Waals surface area contributed by atoms with E-state index in [0.29, 0.717) is 5.69 Å². The summed E-state index contributed by atoms with van der Waals surface area (Å²) in [5.41, 5.74) is 3.30. The van der Waals surface area contributed by atoms with E-state index in [0.717, 1.165) is 27.4 Å². The van der Waals surface area contributed by atoms with Crippen LogP contribution in [0.3, 0.4) is 0 Å². The lowest BCUT2D eigenvalue weighted by Gasteiger charge is -2.13. The molecule has 0 aliphatic carbocycles. The van der Waals surface area contributed by atoms with E-state index < -0.39 is 0 Å². The maximum atomic E-state index is 12.1. The number of hydrogen-bond acceptors (Lipinski definition) is 4. The van der Waals surface area contributed by atoms with Crippen LogP contribution in [-0.4, -0.2) is 23.2 Å². The first kappa shape index (κ1) is 13.1. The largest absolute Gasteiger partial charge is 0.497 e. The number of nitrogens with zero attached hydrogens (tertiary/aromatic N) is 1. The molecule has 0 spiro atoms. The molecule has 0 unspecified atom stereocenters. The second kappa shape index (κ2) is 4.99. The number of benzene rings is 1. The normalized spacial score (nSPS) is 16.4. The molecule has 22 heavy (non-hydrogen) atoms. The zero-order valence-electron chi connectivity index (χ0n) is 11.8. The van der Waals surface area contributed by atoms with Crippen LogP contribution in [0.15, 0.2) is 41.8 Å². The minimum atomic E-state index is -0.191. The molecule has 110 valence electrons. The summed E-state index contributed by atoms with van der Waals surface area (Å²) in [5.74, 6) is 0.647. The molecule has 0 fully saturated rings. The van der Waals surface area contributed by atoms with Crippen molar-refractivity contribution in [3.63, 3.8) is 0 Å². The molecule has 0 saturated carbocycles. The molecule has 0 bridgehead atoms. The molecule has 3 aromatic rings. The summed E-state index contributed by atoms with van der Waals surface area (Å²) in [4.78, 5) is 13.2. The van der Waals surface area contributed by atoms with E-state index in [1.54, 1.807) is 18.4 Å². The maximum Gasteiger partial charge on any atom is 0.272 e. The molecule has 1 aromatic carbocycles. The van der Waals surface area contributed by atoms with E-state index >= 15 is 0 Å². The van der Waals surface area contributed by atoms with E-state index in [4.69, 9.17) is 4.74 Å². The van der Waals surface area contributed by atoms with Gasteiger partial charge in [0.25, 0.3) is 5.91 Å². The number of carbonyl (C=O) groups is 1. The molecule has 5 nitrogen and oxygen atoms in total. The van der Waals surface area contributed by atoms with E-state index in [1.165, 1.54) is 0 Å². The minimum absolute atomic E-state index is 0.144. The first-order valence-corrected chi connectivity index (χ1v) is 7.73. The van der Waals surface area contributed by atoms with Crippen molar-refractivity contribution in [2.24, 2.45) is 0 Å². The van der Waals surface area contributed by atoms with Crippen molar-refractivity contribution in [3.8, 4) is 16.3 Å². The van der Waals surface area contributed by atoms with E-state index in [1.807, 2.05) is 41.8 Å². The number of ether oxygens (including phenoxy) is 1. The van der Waals surface area contributed by atoms with Crippen molar-refractivity contribution < 1.29 is 9.53 Å². The lowest BCUT2D eigenvalue weighted by molar-refractivity contribution is 0.0955. The van der Waals surface area contributed by atoms with Crippen molar-refractivity contribution >= 4 is 17.2 Å². The van der Waals surface area contributed by atoms with Gasteiger partial charge in [-0.3, -0.25) is 9.89 Å². The van der Waals surface area contributed by atoms with Crippen LogP contribution < -0.4 is 10.1 Å². The number of carbonyl (C=O) groups excluding carboxylic acids is 1. The zero-order chi connectivity index (χ0) is 15.1. The molecule has 2 N–H and O–H groups in total. The van der Waals surface area contributed by atoms with Crippen molar-refractivity contribution in [2.45, 2.75) is 6.04 Å². The highest BCUT2D eigenvalue weighted by Crippen LogP contribution is 2.38. The number of hydrogen-bond donors (Lipinski definition) is 2. The monoisotopic (exact) mass is 311 g/mol. The quantitative estimate of drug-likeness (QED) is 0.781. The van der Waals surface area contributed by atoms with Crippen LogP contribution >= 0.6 is 11.3 Å². The molecule has 0 radical (unpaired) electrons. The Labute approximate surface area is 130 Å². The standard InChI is InChI=1S/C16H13N3O2S/c1-21-10-6-4-9(5-7-10)13-12-14(11-3-2-8-22-11)18-19-15(12)16(20)17-13/h2-8,13H,1H3,(H,17,20)(H,18,19)/t13-/m1/s1. The van der Waals surface area contributed by atoms with Gasteiger partial charge in [0.05, 0.1) is 23.7 Å². The van der Waals surface area contributed by atoms with E-state index in [2.05, 4.69) is 15.5 Å². The summed E-state index contributed by atoms with van der Waals surface area (Å²) in [6.45, 7) is 0. The first-order chi connectivity index (χ1) is 10.8. The molecular formula is C16H13N3O2S. The Morgan fingerprint density at radius 1 is 1.23 bits per heavy atom. The van der Waals surface area contributed by atoms with Gasteiger partial charge in [0.1, 0.15) is 5.75 Å². The summed E-state index contributed by atoms with van der Waals surface area (Å²) in [5, 5.41) is 12.2. The van der Waals surface area contributed by atoms with Crippen LogP contribution in [0.1, 0.15) is 27.7 Å². The number of H-pyrrole nitrogens is 1. The lowest BCUT2D eigenvalue weighted by atomic mass is 9.99. The van der Waals surface area contributed by atoms with Gasteiger partial charge in [-0.25, -0.2) is 0 Å². The van der Waals surface area contributed by atoms with E-state index in [9.17, 15) is 4.79 Å². The van der Waals surface area contributed by atoms with E-state index in [-0.39, 0.29) is 11.9 Å². The second-order valence-electron chi connectivity index (χ2n) is 5.02. The number of aromatic amines is 1. The predicted octanol–water partition coefficient (Wildman–Crippen LogP) is 2.98. The number of nitrogens with one attached hydrogen (secondary N) is 2. The molecule has 1 aliphatic heterocycles. The Morgan fingerprint density at radius 3 is 2.73 bits per heavy atom. The fraction of sp³-hybridized carbons (Fsp3) is 0.125. The molecule has 1 amide bonds. The molecule has 0 saturated heterocycles. The van der Waals surface area contributed by atoms with Gasteiger partial charge in [-0.05, 0) is 29.1 Å². The topological polar surface area (TPSA) is 67.0 Å². The fourth-order valence-corrected chi connectivity index (χ4v) is 3.47. The third-order valence-corrected chi connectivity index (χ3v) is 4.69. The third kappa shape index (κ3) is 1.92. The Kier molecular flexibility index (Phi) is 2.97. The minimum Gasteiger partial charge on any atom is -0.497 e. The first-order valence-electron chi connectivity index (χ1n) is 6.85. The Balaban J connectivity index is 1.81. The van der Waals surface area contributed by atoms with Crippen LogP contribution in [0.25, 0.3) is 10.6 Å². The zero-order valence-corrected chi connectivity index (χ0v) is 12.6. The van der Waals surface area contributed by atoms with Crippen LogP contribution in [-0.2, 0) is 0 Å². The summed E-state index contributed by atoms with van der Waals surface area (Å²) >= 11 is 1.62. The second-order valence-corrected chi connectivity index (χ2v) is 5.97. The van der Waals surface area contributed by atoms with Crippen LogP contribution in [0.5, 0.6) is 5.75 Å². The summed E-state index contributed by atoms with van der Waals surface area (Å²) in [7, 11) is 1.63. The number of aromatic nitrogens is 2. The highest BCUT2D eigenvalue weighted by molar-refractivity contribution is 7.13. The average Bonchev–Trinajstić information content (AvgIpc) is 3.25. The van der Waals surface area contributed by atoms with Crippen LogP contribution in [0, 0.1) is 0 Å². The maximum absolute atomic E-state index is 12.1. The van der Waals surface area contributed by atoms with Crippen molar-refractivity contribution in [1.82, 2.24) is 15.5 Å². The molecule has 3 heterocycles. The molecule has 4 rings (SSSR count). The van der Waals surface area contributed by atoms with Gasteiger partial charge >= 0.3 is 0 Å². The third-order valence-electron chi connectivity index (χ3n) is 3.80. The lowest BCUT2D eigenvalue weighted by Crippen LogP contribution is -2.21. The number of thiophene rings is 1. The smallest absolute Gasteiger partial charge is 0.272 e. The summed E-state index contributed by atoms with van der Waals surface area (Å²) in [6.07, 6.45) is 0. The molecule has 1 aliphatic rings. The van der Waals surface area contributed by atoms with Gasteiger partial charge in [-0.2, -0.15) is 5.10 Å². The van der Waals surface area contributed by atoms with Gasteiger partial charge in [-0.1, -0.05) is 18.2 Å².